The molecule has 0 bridgehead atoms. The normalized spacial score (nSPS) is 11.1. The summed E-state index contributed by atoms with van der Waals surface area (Å²) in [6, 6.07) is 7.92. The summed E-state index contributed by atoms with van der Waals surface area (Å²) in [5.74, 6) is -0.0267. The number of fused-ring (bicyclic) bond motifs is 1. The zero-order valence-corrected chi connectivity index (χ0v) is 12.7. The highest BCUT2D eigenvalue weighted by Crippen LogP contribution is 2.27. The third-order valence-electron chi connectivity index (χ3n) is 3.26. The number of aromatic nitrogens is 1. The summed E-state index contributed by atoms with van der Waals surface area (Å²) in [5, 5.41) is 4.34. The lowest BCUT2D eigenvalue weighted by molar-refractivity contribution is -0.121. The summed E-state index contributed by atoms with van der Waals surface area (Å²) < 4.78 is 0. The number of halogens is 1. The van der Waals surface area contributed by atoms with Crippen LogP contribution in [0.2, 0.25) is 5.02 Å². The molecule has 1 aromatic heterocycles. The lowest BCUT2D eigenvalue weighted by Gasteiger charge is -2.17. The van der Waals surface area contributed by atoms with Crippen LogP contribution in [0.3, 0.4) is 0 Å². The summed E-state index contributed by atoms with van der Waals surface area (Å²) >= 11 is 6.40. The van der Waals surface area contributed by atoms with E-state index in [0.717, 1.165) is 22.2 Å². The van der Waals surface area contributed by atoms with Crippen LogP contribution in [0.25, 0.3) is 10.9 Å². The van der Waals surface area contributed by atoms with Crippen LogP contribution < -0.4 is 5.32 Å². The highest BCUT2D eigenvalue weighted by atomic mass is 35.5. The summed E-state index contributed by atoms with van der Waals surface area (Å²) in [6.07, 6.45) is 0. The van der Waals surface area contributed by atoms with E-state index >= 15 is 0 Å². The molecular formula is C15H18ClN3O. The van der Waals surface area contributed by atoms with E-state index in [2.05, 4.69) is 10.3 Å². The van der Waals surface area contributed by atoms with Gasteiger partial charge < -0.3 is 5.32 Å². The molecule has 0 fully saturated rings. The predicted molar refractivity (Wildman–Crippen MR) is 81.9 cm³/mol. The van der Waals surface area contributed by atoms with Gasteiger partial charge in [-0.25, -0.2) is 4.98 Å². The maximum Gasteiger partial charge on any atom is 0.233 e. The number of benzene rings is 1. The summed E-state index contributed by atoms with van der Waals surface area (Å²) in [7, 11) is 3.50. The fourth-order valence-corrected chi connectivity index (χ4v) is 2.36. The molecule has 0 unspecified atom stereocenters. The first kappa shape index (κ1) is 14.8. The number of nitrogens with zero attached hydrogens (tertiary/aromatic N) is 2. The summed E-state index contributed by atoms with van der Waals surface area (Å²) in [5.41, 5.74) is 2.76. The Morgan fingerprint density at radius 2 is 2.10 bits per heavy atom. The molecule has 0 spiro atoms. The van der Waals surface area contributed by atoms with E-state index in [-0.39, 0.29) is 5.91 Å². The molecule has 0 atom stereocenters. The van der Waals surface area contributed by atoms with Crippen LogP contribution in [-0.4, -0.2) is 36.4 Å². The standard InChI is InChI=1S/C15H18ClN3O/c1-10-11-6-4-5-7-12(11)18-13(15(10)16)8-19(3)9-14(20)17-2/h4-7H,8-9H2,1-3H3,(H,17,20). The van der Waals surface area contributed by atoms with Gasteiger partial charge in [-0.05, 0) is 25.6 Å². The minimum Gasteiger partial charge on any atom is -0.358 e. The van der Waals surface area contributed by atoms with Crippen molar-refractivity contribution >= 4 is 28.4 Å². The topological polar surface area (TPSA) is 45.2 Å². The first-order chi connectivity index (χ1) is 9.52. The number of nitrogens with one attached hydrogen (secondary N) is 1. The monoisotopic (exact) mass is 291 g/mol. The molecule has 1 aromatic carbocycles. The van der Waals surface area contributed by atoms with Gasteiger partial charge in [-0.1, -0.05) is 29.8 Å². The molecule has 0 aliphatic carbocycles. The minimum absolute atomic E-state index is 0.0267. The molecule has 2 aromatic rings. The van der Waals surface area contributed by atoms with E-state index in [9.17, 15) is 4.79 Å². The number of amides is 1. The quantitative estimate of drug-likeness (QED) is 0.941. The Morgan fingerprint density at radius 3 is 2.80 bits per heavy atom. The summed E-state index contributed by atoms with van der Waals surface area (Å²) in [4.78, 5) is 17.9. The van der Waals surface area contributed by atoms with E-state index < -0.39 is 0 Å². The number of likely N-dealkylation sites (N-methyl/N-ethyl adjacent to an activating group) is 2. The zero-order chi connectivity index (χ0) is 14.7. The Balaban J connectivity index is 2.30. The Morgan fingerprint density at radius 1 is 1.40 bits per heavy atom. The molecule has 0 aliphatic heterocycles. The molecule has 1 amide bonds. The van der Waals surface area contributed by atoms with E-state index in [1.165, 1.54) is 0 Å². The van der Waals surface area contributed by atoms with E-state index in [1.54, 1.807) is 7.05 Å². The van der Waals surface area contributed by atoms with Gasteiger partial charge in [0.1, 0.15) is 0 Å². The number of carbonyl (C=O) groups excluding carboxylic acids is 1. The number of carbonyl (C=O) groups is 1. The molecule has 4 nitrogen and oxygen atoms in total. The van der Waals surface area contributed by atoms with Crippen LogP contribution in [0.4, 0.5) is 0 Å². The van der Waals surface area contributed by atoms with Gasteiger partial charge in [-0.3, -0.25) is 9.69 Å². The van der Waals surface area contributed by atoms with Gasteiger partial charge in [0.05, 0.1) is 22.8 Å². The fourth-order valence-electron chi connectivity index (χ4n) is 2.16. The third-order valence-corrected chi connectivity index (χ3v) is 3.76. The maximum atomic E-state index is 11.4. The molecular weight excluding hydrogens is 274 g/mol. The zero-order valence-electron chi connectivity index (χ0n) is 11.9. The molecule has 0 saturated carbocycles. The predicted octanol–water partition coefficient (Wildman–Crippen LogP) is 2.37. The number of aryl methyl sites for hydroxylation is 1. The van der Waals surface area contributed by atoms with Crippen molar-refractivity contribution in [3.05, 3.63) is 40.5 Å². The van der Waals surface area contributed by atoms with Crippen LogP contribution in [-0.2, 0) is 11.3 Å². The number of pyridine rings is 1. The molecule has 20 heavy (non-hydrogen) atoms. The minimum atomic E-state index is -0.0267. The smallest absolute Gasteiger partial charge is 0.233 e. The van der Waals surface area contributed by atoms with Crippen LogP contribution in [0.15, 0.2) is 24.3 Å². The van der Waals surface area contributed by atoms with Crippen LogP contribution in [0, 0.1) is 6.92 Å². The van der Waals surface area contributed by atoms with Crippen molar-refractivity contribution in [1.82, 2.24) is 15.2 Å². The van der Waals surface area contributed by atoms with Crippen molar-refractivity contribution in [3.8, 4) is 0 Å². The molecule has 1 heterocycles. The Labute approximate surface area is 123 Å². The largest absolute Gasteiger partial charge is 0.358 e. The van der Waals surface area contributed by atoms with Gasteiger partial charge in [-0.2, -0.15) is 0 Å². The lowest BCUT2D eigenvalue weighted by atomic mass is 10.1. The van der Waals surface area contributed by atoms with Crippen molar-refractivity contribution in [1.29, 1.82) is 0 Å². The molecule has 0 radical (unpaired) electrons. The molecule has 1 N–H and O–H groups in total. The van der Waals surface area contributed by atoms with Gasteiger partial charge >= 0.3 is 0 Å². The van der Waals surface area contributed by atoms with Gasteiger partial charge in [0.2, 0.25) is 5.91 Å². The Kier molecular flexibility index (Phi) is 4.57. The van der Waals surface area contributed by atoms with Crippen molar-refractivity contribution in [2.24, 2.45) is 0 Å². The second kappa shape index (κ2) is 6.20. The average molecular weight is 292 g/mol. The second-order valence-corrected chi connectivity index (χ2v) is 5.24. The van der Waals surface area contributed by atoms with E-state index in [0.29, 0.717) is 18.1 Å². The van der Waals surface area contributed by atoms with E-state index in [4.69, 9.17) is 11.6 Å². The maximum absolute atomic E-state index is 11.4. The van der Waals surface area contributed by atoms with Gasteiger partial charge in [0, 0.05) is 19.0 Å². The van der Waals surface area contributed by atoms with Crippen LogP contribution in [0.1, 0.15) is 11.3 Å². The fraction of sp³-hybridized carbons (Fsp3) is 0.333. The highest BCUT2D eigenvalue weighted by Gasteiger charge is 2.13. The number of hydrogen-bond donors (Lipinski definition) is 1. The molecule has 0 saturated heterocycles. The average Bonchev–Trinajstić information content (AvgIpc) is 2.44. The SMILES string of the molecule is CNC(=O)CN(C)Cc1nc2ccccc2c(C)c1Cl. The molecule has 5 heteroatoms. The lowest BCUT2D eigenvalue weighted by Crippen LogP contribution is -2.32. The van der Waals surface area contributed by atoms with Gasteiger partial charge in [0.25, 0.3) is 0 Å². The second-order valence-electron chi connectivity index (χ2n) is 4.86. The first-order valence-electron chi connectivity index (χ1n) is 6.45. The Bertz CT molecular complexity index is 642. The number of para-hydroxylation sites is 1. The molecule has 0 aliphatic rings. The van der Waals surface area contributed by atoms with E-state index in [1.807, 2.05) is 43.1 Å². The van der Waals surface area contributed by atoms with Crippen molar-refractivity contribution < 1.29 is 4.79 Å². The molecule has 106 valence electrons. The third kappa shape index (κ3) is 3.08. The number of rotatable bonds is 4. The highest BCUT2D eigenvalue weighted by molar-refractivity contribution is 6.32. The van der Waals surface area contributed by atoms with Crippen molar-refractivity contribution in [2.45, 2.75) is 13.5 Å². The first-order valence-corrected chi connectivity index (χ1v) is 6.83. The van der Waals surface area contributed by atoms with Crippen LogP contribution in [0.5, 0.6) is 0 Å². The summed E-state index contributed by atoms with van der Waals surface area (Å²) in [6.45, 7) is 2.85. The van der Waals surface area contributed by atoms with Crippen molar-refractivity contribution in [3.63, 3.8) is 0 Å². The number of hydrogen-bond acceptors (Lipinski definition) is 3. The van der Waals surface area contributed by atoms with Gasteiger partial charge in [-0.15, -0.1) is 0 Å². The molecule has 2 rings (SSSR count). The van der Waals surface area contributed by atoms with Crippen molar-refractivity contribution in [2.75, 3.05) is 20.6 Å². The van der Waals surface area contributed by atoms with Crippen LogP contribution >= 0.6 is 11.6 Å². The van der Waals surface area contributed by atoms with Gasteiger partial charge in [0.15, 0.2) is 0 Å². The Hall–Kier alpha value is -1.65.